The molecule has 5 nitrogen and oxygen atoms in total. The van der Waals surface area contributed by atoms with Crippen LogP contribution in [0.1, 0.15) is 5.56 Å². The number of fused-ring (bicyclic) bond motifs is 1. The Morgan fingerprint density at radius 1 is 1.07 bits per heavy atom. The van der Waals surface area contributed by atoms with Crippen molar-refractivity contribution in [2.45, 2.75) is 6.42 Å². The van der Waals surface area contributed by atoms with Crippen LogP contribution in [0.5, 0.6) is 0 Å². The molecule has 0 aliphatic rings. The molecule has 4 aromatic rings. The van der Waals surface area contributed by atoms with Crippen LogP contribution in [-0.2, 0) is 11.2 Å². The number of hydrogen-bond donors (Lipinski definition) is 1. The van der Waals surface area contributed by atoms with Crippen molar-refractivity contribution in [2.24, 2.45) is 0 Å². The van der Waals surface area contributed by atoms with Crippen LogP contribution in [0, 0.1) is 5.95 Å². The first-order valence-corrected chi connectivity index (χ1v) is 8.01. The molecule has 2 aromatic carbocycles. The normalized spacial score (nSPS) is 10.6. The van der Waals surface area contributed by atoms with Crippen molar-refractivity contribution >= 4 is 35.9 Å². The number of benzene rings is 2. The number of carboxylic acid groups (broad SMARTS) is 1. The Hall–Kier alpha value is -2.94. The average molecular weight is 355 g/mol. The van der Waals surface area contributed by atoms with Gasteiger partial charge in [-0.15, -0.1) is 0 Å². The summed E-state index contributed by atoms with van der Waals surface area (Å²) in [5.41, 5.74) is 4.37. The Morgan fingerprint density at radius 3 is 2.56 bits per heavy atom. The molecule has 0 fully saturated rings. The van der Waals surface area contributed by atoms with E-state index in [9.17, 15) is 9.18 Å². The average Bonchev–Trinajstić information content (AvgIpc) is 3.05. The van der Waals surface area contributed by atoms with E-state index in [0.717, 1.165) is 22.3 Å². The third-order valence-electron chi connectivity index (χ3n) is 4.19. The summed E-state index contributed by atoms with van der Waals surface area (Å²) in [5.74, 6) is -1.37. The first-order chi connectivity index (χ1) is 12.6. The maximum absolute atomic E-state index is 13.9. The molecule has 7 heteroatoms. The molecule has 27 heavy (non-hydrogen) atoms. The predicted molar refractivity (Wildman–Crippen MR) is 103 cm³/mol. The number of carboxylic acids is 1. The molecule has 4 rings (SSSR count). The molecule has 0 amide bonds. The first-order valence-electron chi connectivity index (χ1n) is 8.01. The van der Waals surface area contributed by atoms with Crippen LogP contribution in [0.25, 0.3) is 27.8 Å². The summed E-state index contributed by atoms with van der Waals surface area (Å²) in [6, 6.07) is 16.2. The van der Waals surface area contributed by atoms with E-state index in [0.29, 0.717) is 11.1 Å². The second-order valence-corrected chi connectivity index (χ2v) is 5.90. The van der Waals surface area contributed by atoms with E-state index in [4.69, 9.17) is 5.11 Å². The van der Waals surface area contributed by atoms with Gasteiger partial charge in [0.05, 0.1) is 17.5 Å². The molecule has 2 heterocycles. The molecular weight excluding hydrogens is 340 g/mol. The fourth-order valence-corrected chi connectivity index (χ4v) is 2.94. The van der Waals surface area contributed by atoms with Gasteiger partial charge in [-0.05, 0) is 47.5 Å². The molecule has 0 unspecified atom stereocenters. The number of aromatic nitrogens is 3. The van der Waals surface area contributed by atoms with E-state index in [-0.39, 0.29) is 25.3 Å². The van der Waals surface area contributed by atoms with E-state index in [1.165, 1.54) is 6.20 Å². The van der Waals surface area contributed by atoms with Gasteiger partial charge in [0, 0.05) is 17.4 Å². The SMILES string of the molecule is O=C(O)Cc1ccc(-n2cnc3cc(-c4cccnc4F)ccc32)cc1.[LiH]. The van der Waals surface area contributed by atoms with Crippen LogP contribution >= 0.6 is 0 Å². The number of carbonyl (C=O) groups is 1. The molecule has 0 aliphatic carbocycles. The van der Waals surface area contributed by atoms with Gasteiger partial charge in [0.1, 0.15) is 6.33 Å². The van der Waals surface area contributed by atoms with E-state index >= 15 is 0 Å². The molecule has 0 spiro atoms. The molecular formula is C20H15FLiN3O2. The molecule has 2 aromatic heterocycles. The second-order valence-electron chi connectivity index (χ2n) is 5.90. The van der Waals surface area contributed by atoms with E-state index in [1.54, 1.807) is 30.6 Å². The Bertz CT molecular complexity index is 1110. The molecule has 1 N–H and O–H groups in total. The van der Waals surface area contributed by atoms with Crippen molar-refractivity contribution in [3.05, 3.63) is 78.6 Å². The van der Waals surface area contributed by atoms with Crippen molar-refractivity contribution in [3.8, 4) is 16.8 Å². The summed E-state index contributed by atoms with van der Waals surface area (Å²) in [7, 11) is 0. The van der Waals surface area contributed by atoms with Crippen molar-refractivity contribution in [1.82, 2.24) is 14.5 Å². The molecule has 0 aliphatic heterocycles. The van der Waals surface area contributed by atoms with Gasteiger partial charge in [0.15, 0.2) is 0 Å². The standard InChI is InChI=1S/C20H14FN3O2.Li.H/c21-20-16(2-1-9-22-20)14-5-8-18-17(11-14)23-12-24(18)15-6-3-13(4-7-15)10-19(25)26;;/h1-9,11-12H,10H2,(H,25,26);;. The Morgan fingerprint density at radius 2 is 1.85 bits per heavy atom. The summed E-state index contributed by atoms with van der Waals surface area (Å²) in [6.45, 7) is 0. The number of imidazole rings is 1. The third kappa shape index (κ3) is 3.77. The summed E-state index contributed by atoms with van der Waals surface area (Å²) in [4.78, 5) is 18.9. The first kappa shape index (κ1) is 18.8. The van der Waals surface area contributed by atoms with Gasteiger partial charge in [0.2, 0.25) is 5.95 Å². The van der Waals surface area contributed by atoms with Gasteiger partial charge in [-0.3, -0.25) is 9.36 Å². The van der Waals surface area contributed by atoms with Crippen LogP contribution in [0.15, 0.2) is 67.1 Å². The van der Waals surface area contributed by atoms with Crippen LogP contribution in [-0.4, -0.2) is 44.5 Å². The zero-order valence-corrected chi connectivity index (χ0v) is 13.6. The van der Waals surface area contributed by atoms with E-state index in [1.807, 2.05) is 34.9 Å². The number of halogens is 1. The molecule has 0 radical (unpaired) electrons. The minimum atomic E-state index is -0.860. The van der Waals surface area contributed by atoms with Gasteiger partial charge in [-0.1, -0.05) is 18.2 Å². The minimum absolute atomic E-state index is 0. The zero-order valence-electron chi connectivity index (χ0n) is 13.6. The van der Waals surface area contributed by atoms with Gasteiger partial charge in [-0.2, -0.15) is 4.39 Å². The van der Waals surface area contributed by atoms with Crippen LogP contribution < -0.4 is 0 Å². The molecule has 0 atom stereocenters. The van der Waals surface area contributed by atoms with E-state index in [2.05, 4.69) is 9.97 Å². The zero-order chi connectivity index (χ0) is 18.1. The van der Waals surface area contributed by atoms with Crippen molar-refractivity contribution < 1.29 is 14.3 Å². The maximum atomic E-state index is 13.9. The van der Waals surface area contributed by atoms with Gasteiger partial charge in [-0.25, -0.2) is 9.97 Å². The monoisotopic (exact) mass is 355 g/mol. The third-order valence-corrected chi connectivity index (χ3v) is 4.19. The predicted octanol–water partition coefficient (Wildman–Crippen LogP) is 3.21. The van der Waals surface area contributed by atoms with Crippen LogP contribution in [0.2, 0.25) is 0 Å². The number of nitrogens with zero attached hydrogens (tertiary/aromatic N) is 3. The van der Waals surface area contributed by atoms with Gasteiger partial charge < -0.3 is 5.11 Å². The number of pyridine rings is 1. The Kier molecular flexibility index (Phi) is 5.40. The number of hydrogen-bond acceptors (Lipinski definition) is 3. The summed E-state index contributed by atoms with van der Waals surface area (Å²) in [5, 5.41) is 8.85. The number of aliphatic carboxylic acids is 1. The molecule has 0 saturated heterocycles. The van der Waals surface area contributed by atoms with Crippen molar-refractivity contribution in [1.29, 1.82) is 0 Å². The summed E-state index contributed by atoms with van der Waals surface area (Å²) in [6.07, 6.45) is 3.10. The molecule has 0 saturated carbocycles. The van der Waals surface area contributed by atoms with Gasteiger partial charge in [0.25, 0.3) is 0 Å². The van der Waals surface area contributed by atoms with Crippen LogP contribution in [0.4, 0.5) is 4.39 Å². The fourth-order valence-electron chi connectivity index (χ4n) is 2.94. The fraction of sp³-hybridized carbons (Fsp3) is 0.0500. The van der Waals surface area contributed by atoms with E-state index < -0.39 is 11.9 Å². The van der Waals surface area contributed by atoms with Crippen molar-refractivity contribution in [3.63, 3.8) is 0 Å². The van der Waals surface area contributed by atoms with Gasteiger partial charge >= 0.3 is 24.8 Å². The molecule has 130 valence electrons. The Balaban J connectivity index is 0.00000210. The second kappa shape index (κ2) is 7.75. The summed E-state index contributed by atoms with van der Waals surface area (Å²) < 4.78 is 15.8. The topological polar surface area (TPSA) is 68.0 Å². The number of rotatable bonds is 4. The quantitative estimate of drug-likeness (QED) is 0.451. The molecule has 0 bridgehead atoms. The Labute approximate surface area is 166 Å². The summed E-state index contributed by atoms with van der Waals surface area (Å²) >= 11 is 0. The van der Waals surface area contributed by atoms with Crippen LogP contribution in [0.3, 0.4) is 0 Å². The van der Waals surface area contributed by atoms with Crippen molar-refractivity contribution in [2.75, 3.05) is 0 Å².